The summed E-state index contributed by atoms with van der Waals surface area (Å²) >= 11 is 3.30. The summed E-state index contributed by atoms with van der Waals surface area (Å²) in [6, 6.07) is 0. The van der Waals surface area contributed by atoms with Gasteiger partial charge in [0.1, 0.15) is 0 Å². The summed E-state index contributed by atoms with van der Waals surface area (Å²) in [5.41, 5.74) is 0. The summed E-state index contributed by atoms with van der Waals surface area (Å²) in [6.07, 6.45) is 1.20. The number of halogens is 1. The molecular weight excluding hydrogens is 222 g/mol. The molecule has 3 nitrogen and oxygen atoms in total. The Kier molecular flexibility index (Phi) is 3.53. The average Bonchev–Trinajstić information content (AvgIpc) is 2.49. The Bertz CT molecular complexity index is 174. The number of rotatable bonds is 2. The molecule has 0 bridgehead atoms. The molecule has 1 saturated heterocycles. The van der Waals surface area contributed by atoms with Crippen molar-refractivity contribution in [1.82, 2.24) is 4.90 Å². The smallest absolute Gasteiger partial charge is 0.236 e. The van der Waals surface area contributed by atoms with Crippen molar-refractivity contribution in [3.8, 4) is 0 Å². The fourth-order valence-corrected chi connectivity index (χ4v) is 1.60. The highest BCUT2D eigenvalue weighted by Gasteiger charge is 2.27. The van der Waals surface area contributed by atoms with Crippen molar-refractivity contribution >= 4 is 21.8 Å². The SMILES string of the molecule is CCC(Br)C(=O)N1CC[C@H](O)C1. The molecule has 2 atom stereocenters. The third kappa shape index (κ3) is 2.20. The molecule has 0 aromatic carbocycles. The van der Waals surface area contributed by atoms with E-state index in [1.165, 1.54) is 0 Å². The lowest BCUT2D eigenvalue weighted by Crippen LogP contribution is -2.35. The molecule has 1 rings (SSSR count). The van der Waals surface area contributed by atoms with Gasteiger partial charge in [0.05, 0.1) is 10.9 Å². The Hall–Kier alpha value is -0.0900. The van der Waals surface area contributed by atoms with Gasteiger partial charge in [0.2, 0.25) is 5.91 Å². The van der Waals surface area contributed by atoms with Crippen LogP contribution in [0.4, 0.5) is 0 Å². The van der Waals surface area contributed by atoms with Crippen LogP contribution in [0, 0.1) is 0 Å². The van der Waals surface area contributed by atoms with Gasteiger partial charge in [0.25, 0.3) is 0 Å². The molecule has 1 aliphatic heterocycles. The minimum atomic E-state index is -0.314. The van der Waals surface area contributed by atoms with Crippen LogP contribution in [0.15, 0.2) is 0 Å². The second kappa shape index (κ2) is 4.23. The molecule has 0 saturated carbocycles. The molecule has 1 heterocycles. The lowest BCUT2D eigenvalue weighted by molar-refractivity contribution is -0.129. The normalized spacial score (nSPS) is 25.9. The van der Waals surface area contributed by atoms with Gasteiger partial charge in [-0.25, -0.2) is 0 Å². The Morgan fingerprint density at radius 3 is 2.92 bits per heavy atom. The van der Waals surface area contributed by atoms with Gasteiger partial charge >= 0.3 is 0 Å². The van der Waals surface area contributed by atoms with Gasteiger partial charge in [-0.05, 0) is 12.8 Å². The molecule has 1 amide bonds. The lowest BCUT2D eigenvalue weighted by atomic mass is 10.3. The van der Waals surface area contributed by atoms with Gasteiger partial charge in [-0.3, -0.25) is 4.79 Å². The van der Waals surface area contributed by atoms with Gasteiger partial charge in [0, 0.05) is 13.1 Å². The second-order valence-electron chi connectivity index (χ2n) is 3.10. The number of hydrogen-bond donors (Lipinski definition) is 1. The summed E-state index contributed by atoms with van der Waals surface area (Å²) in [5, 5.41) is 9.19. The fourth-order valence-electron chi connectivity index (χ4n) is 1.31. The summed E-state index contributed by atoms with van der Waals surface area (Å²) in [6.45, 7) is 3.16. The zero-order chi connectivity index (χ0) is 9.14. The van der Waals surface area contributed by atoms with E-state index in [0.717, 1.165) is 12.8 Å². The summed E-state index contributed by atoms with van der Waals surface area (Å²) in [5.74, 6) is 0.106. The van der Waals surface area contributed by atoms with E-state index >= 15 is 0 Å². The van der Waals surface area contributed by atoms with Crippen LogP contribution in [0.2, 0.25) is 0 Å². The average molecular weight is 236 g/mol. The Morgan fingerprint density at radius 1 is 1.83 bits per heavy atom. The Morgan fingerprint density at radius 2 is 2.50 bits per heavy atom. The number of carbonyl (C=O) groups is 1. The van der Waals surface area contributed by atoms with E-state index in [4.69, 9.17) is 0 Å². The molecule has 12 heavy (non-hydrogen) atoms. The first kappa shape index (κ1) is 9.99. The van der Waals surface area contributed by atoms with Crippen LogP contribution in [0.5, 0.6) is 0 Å². The number of likely N-dealkylation sites (tertiary alicyclic amines) is 1. The van der Waals surface area contributed by atoms with Gasteiger partial charge in [-0.15, -0.1) is 0 Å². The highest BCUT2D eigenvalue weighted by Crippen LogP contribution is 2.15. The number of nitrogens with zero attached hydrogens (tertiary/aromatic N) is 1. The van der Waals surface area contributed by atoms with E-state index < -0.39 is 0 Å². The van der Waals surface area contributed by atoms with Crippen molar-refractivity contribution in [3.05, 3.63) is 0 Å². The predicted molar refractivity (Wildman–Crippen MR) is 50.2 cm³/mol. The van der Waals surface area contributed by atoms with E-state index in [9.17, 15) is 9.90 Å². The number of aliphatic hydroxyl groups excluding tert-OH is 1. The Labute approximate surface area is 80.9 Å². The van der Waals surface area contributed by atoms with E-state index in [-0.39, 0.29) is 16.8 Å². The van der Waals surface area contributed by atoms with Crippen LogP contribution >= 0.6 is 15.9 Å². The van der Waals surface area contributed by atoms with Gasteiger partial charge in [-0.2, -0.15) is 0 Å². The zero-order valence-corrected chi connectivity index (χ0v) is 8.75. The Balaban J connectivity index is 2.43. The third-order valence-electron chi connectivity index (χ3n) is 2.10. The number of alkyl halides is 1. The molecule has 0 radical (unpaired) electrons. The van der Waals surface area contributed by atoms with Gasteiger partial charge in [-0.1, -0.05) is 22.9 Å². The highest BCUT2D eigenvalue weighted by molar-refractivity contribution is 9.10. The number of hydrogen-bond acceptors (Lipinski definition) is 2. The number of amides is 1. The maximum absolute atomic E-state index is 11.5. The molecular formula is C8H14BrNO2. The minimum Gasteiger partial charge on any atom is -0.391 e. The topological polar surface area (TPSA) is 40.5 Å². The van der Waals surface area contributed by atoms with Crippen LogP contribution < -0.4 is 0 Å². The molecule has 1 fully saturated rings. The van der Waals surface area contributed by atoms with Gasteiger partial charge < -0.3 is 10.0 Å². The largest absolute Gasteiger partial charge is 0.391 e. The molecule has 70 valence electrons. The number of β-amino-alcohol motifs (C(OH)–C–C–N with tert-alkyl or cyclic N) is 1. The molecule has 0 aromatic heterocycles. The maximum Gasteiger partial charge on any atom is 0.236 e. The second-order valence-corrected chi connectivity index (χ2v) is 4.21. The molecule has 1 N–H and O–H groups in total. The molecule has 1 unspecified atom stereocenters. The van der Waals surface area contributed by atoms with Crippen molar-refractivity contribution in [1.29, 1.82) is 0 Å². The number of aliphatic hydroxyl groups is 1. The van der Waals surface area contributed by atoms with E-state index in [2.05, 4.69) is 15.9 Å². The summed E-state index contributed by atoms with van der Waals surface area (Å²) in [7, 11) is 0. The first-order chi connectivity index (χ1) is 5.65. The molecule has 4 heteroatoms. The van der Waals surface area contributed by atoms with Crippen LogP contribution in [0.3, 0.4) is 0 Å². The van der Waals surface area contributed by atoms with Crippen molar-refractivity contribution in [2.75, 3.05) is 13.1 Å². The summed E-state index contributed by atoms with van der Waals surface area (Å²) in [4.78, 5) is 13.1. The molecule has 0 aromatic rings. The minimum absolute atomic E-state index is 0.0807. The first-order valence-electron chi connectivity index (χ1n) is 4.26. The highest BCUT2D eigenvalue weighted by atomic mass is 79.9. The quantitative estimate of drug-likeness (QED) is 0.719. The van der Waals surface area contributed by atoms with Crippen LogP contribution in [0.25, 0.3) is 0 Å². The van der Waals surface area contributed by atoms with Crippen molar-refractivity contribution < 1.29 is 9.90 Å². The van der Waals surface area contributed by atoms with Crippen LogP contribution in [-0.4, -0.2) is 39.9 Å². The summed E-state index contributed by atoms with van der Waals surface area (Å²) < 4.78 is 0. The van der Waals surface area contributed by atoms with E-state index in [1.54, 1.807) is 4.90 Å². The van der Waals surface area contributed by atoms with E-state index in [0.29, 0.717) is 13.1 Å². The van der Waals surface area contributed by atoms with Crippen LogP contribution in [0.1, 0.15) is 19.8 Å². The first-order valence-corrected chi connectivity index (χ1v) is 5.17. The molecule has 0 aliphatic carbocycles. The lowest BCUT2D eigenvalue weighted by Gasteiger charge is -2.18. The number of carbonyl (C=O) groups excluding carboxylic acids is 1. The zero-order valence-electron chi connectivity index (χ0n) is 7.16. The molecule has 1 aliphatic rings. The molecule has 0 spiro atoms. The van der Waals surface area contributed by atoms with E-state index in [1.807, 2.05) is 6.92 Å². The fraction of sp³-hybridized carbons (Fsp3) is 0.875. The van der Waals surface area contributed by atoms with Crippen molar-refractivity contribution in [2.24, 2.45) is 0 Å². The predicted octanol–water partition coefficient (Wildman–Crippen LogP) is 0.753. The maximum atomic E-state index is 11.5. The van der Waals surface area contributed by atoms with Crippen molar-refractivity contribution in [3.63, 3.8) is 0 Å². The third-order valence-corrected chi connectivity index (χ3v) is 3.14. The standard InChI is InChI=1S/C8H14BrNO2/c1-2-7(9)8(12)10-4-3-6(11)5-10/h6-7,11H,2-5H2,1H3/t6-,7?/m0/s1. The van der Waals surface area contributed by atoms with Crippen LogP contribution in [-0.2, 0) is 4.79 Å². The van der Waals surface area contributed by atoms with Gasteiger partial charge in [0.15, 0.2) is 0 Å². The monoisotopic (exact) mass is 235 g/mol. The van der Waals surface area contributed by atoms with Crippen molar-refractivity contribution in [2.45, 2.75) is 30.7 Å².